The Balaban J connectivity index is 3.92. The van der Waals surface area contributed by atoms with Crippen LogP contribution in [0, 0.1) is 11.3 Å². The maximum atomic E-state index is 11.0. The maximum absolute atomic E-state index is 11.0. The number of amides is 1. The molecule has 0 aliphatic heterocycles. The average molecular weight is 219 g/mol. The number of nitrogens with zero attached hydrogens (tertiary/aromatic N) is 1. The molecule has 7 heteroatoms. The Kier molecular flexibility index (Phi) is 5.12. The zero-order valence-corrected chi connectivity index (χ0v) is 8.67. The van der Waals surface area contributed by atoms with Crippen LogP contribution in [0.2, 0.25) is 0 Å². The normalized spacial score (nSPS) is 12.9. The third-order valence-electron chi connectivity index (χ3n) is 1.48. The van der Waals surface area contributed by atoms with E-state index in [0.717, 1.165) is 6.26 Å². The zero-order chi connectivity index (χ0) is 11.2. The van der Waals surface area contributed by atoms with E-state index in [-0.39, 0.29) is 18.7 Å². The average Bonchev–Trinajstić information content (AvgIpc) is 2.09. The second kappa shape index (κ2) is 5.57. The molecule has 0 fully saturated rings. The van der Waals surface area contributed by atoms with E-state index in [1.165, 1.54) is 0 Å². The Morgan fingerprint density at radius 3 is 2.64 bits per heavy atom. The Morgan fingerprint density at radius 1 is 1.64 bits per heavy atom. The van der Waals surface area contributed by atoms with Gasteiger partial charge in [-0.05, 0) is 6.42 Å². The van der Waals surface area contributed by atoms with Crippen LogP contribution in [0.3, 0.4) is 0 Å². The summed E-state index contributed by atoms with van der Waals surface area (Å²) in [5, 5.41) is 10.4. The Bertz CT molecular complexity index is 331. The molecule has 0 spiro atoms. The van der Waals surface area contributed by atoms with Crippen molar-refractivity contribution in [3.63, 3.8) is 0 Å². The zero-order valence-electron chi connectivity index (χ0n) is 7.86. The first-order valence-electron chi connectivity index (χ1n) is 3.95. The fourth-order valence-corrected chi connectivity index (χ4v) is 1.41. The molecule has 0 bridgehead atoms. The van der Waals surface area contributed by atoms with Crippen molar-refractivity contribution < 1.29 is 13.2 Å². The van der Waals surface area contributed by atoms with Crippen molar-refractivity contribution in [1.29, 1.82) is 5.26 Å². The van der Waals surface area contributed by atoms with Crippen LogP contribution in [0.5, 0.6) is 0 Å². The van der Waals surface area contributed by atoms with Crippen LogP contribution in [0.15, 0.2) is 0 Å². The van der Waals surface area contributed by atoms with Crippen LogP contribution in [0.25, 0.3) is 0 Å². The van der Waals surface area contributed by atoms with Crippen LogP contribution < -0.4 is 11.1 Å². The standard InChI is InChI=1S/C7H13N3O3S/c1-14(12,13)5-2-6(9)7(11)10-4-3-8/h6H,2,4-5,9H2,1H3,(H,10,11). The third-order valence-corrected chi connectivity index (χ3v) is 2.46. The van der Waals surface area contributed by atoms with E-state index in [1.807, 2.05) is 0 Å². The Hall–Kier alpha value is -1.13. The predicted molar refractivity (Wildman–Crippen MR) is 50.9 cm³/mol. The third kappa shape index (κ3) is 6.39. The molecule has 0 aliphatic rings. The van der Waals surface area contributed by atoms with Gasteiger partial charge in [0.25, 0.3) is 0 Å². The molecule has 80 valence electrons. The maximum Gasteiger partial charge on any atom is 0.237 e. The molecule has 0 heterocycles. The van der Waals surface area contributed by atoms with Crippen molar-refractivity contribution in [2.45, 2.75) is 12.5 Å². The lowest BCUT2D eigenvalue weighted by Gasteiger charge is -2.09. The molecule has 1 amide bonds. The van der Waals surface area contributed by atoms with Gasteiger partial charge in [-0.3, -0.25) is 4.79 Å². The molecule has 6 nitrogen and oxygen atoms in total. The molecule has 0 aromatic heterocycles. The minimum Gasteiger partial charge on any atom is -0.342 e. The van der Waals surface area contributed by atoms with Gasteiger partial charge in [-0.25, -0.2) is 8.42 Å². The largest absolute Gasteiger partial charge is 0.342 e. The fourth-order valence-electron chi connectivity index (χ4n) is 0.730. The van der Waals surface area contributed by atoms with Gasteiger partial charge >= 0.3 is 0 Å². The van der Waals surface area contributed by atoms with Gasteiger partial charge in [0, 0.05) is 6.26 Å². The fraction of sp³-hybridized carbons (Fsp3) is 0.714. The van der Waals surface area contributed by atoms with E-state index in [0.29, 0.717) is 0 Å². The van der Waals surface area contributed by atoms with E-state index in [1.54, 1.807) is 6.07 Å². The number of nitrogens with two attached hydrogens (primary N) is 1. The van der Waals surface area contributed by atoms with Crippen molar-refractivity contribution in [2.75, 3.05) is 18.6 Å². The van der Waals surface area contributed by atoms with Gasteiger partial charge in [0.15, 0.2) is 0 Å². The summed E-state index contributed by atoms with van der Waals surface area (Å²) in [7, 11) is -3.10. The summed E-state index contributed by atoms with van der Waals surface area (Å²) >= 11 is 0. The van der Waals surface area contributed by atoms with Crippen molar-refractivity contribution in [1.82, 2.24) is 5.32 Å². The SMILES string of the molecule is CS(=O)(=O)CCC(N)C(=O)NCC#N. The molecule has 1 unspecified atom stereocenters. The van der Waals surface area contributed by atoms with Crippen LogP contribution in [-0.4, -0.2) is 38.9 Å². The van der Waals surface area contributed by atoms with Gasteiger partial charge in [0.05, 0.1) is 17.9 Å². The topological polar surface area (TPSA) is 113 Å². The minimum atomic E-state index is -3.10. The van der Waals surface area contributed by atoms with E-state index >= 15 is 0 Å². The molecule has 3 N–H and O–H groups in total. The van der Waals surface area contributed by atoms with Gasteiger partial charge in [-0.2, -0.15) is 5.26 Å². The quantitative estimate of drug-likeness (QED) is 0.540. The molecule has 0 aromatic rings. The summed E-state index contributed by atoms with van der Waals surface area (Å²) in [5.74, 6) is -0.635. The molecule has 0 aliphatic carbocycles. The van der Waals surface area contributed by atoms with Crippen LogP contribution in [0.4, 0.5) is 0 Å². The highest BCUT2D eigenvalue weighted by atomic mass is 32.2. The second-order valence-corrected chi connectivity index (χ2v) is 5.16. The van der Waals surface area contributed by atoms with Gasteiger partial charge < -0.3 is 11.1 Å². The first-order valence-corrected chi connectivity index (χ1v) is 6.01. The number of carbonyl (C=O) groups is 1. The number of hydrogen-bond acceptors (Lipinski definition) is 5. The number of nitrogens with one attached hydrogen (secondary N) is 1. The summed E-state index contributed by atoms with van der Waals surface area (Å²) in [6.45, 7) is -0.120. The first kappa shape index (κ1) is 12.9. The number of rotatable bonds is 5. The lowest BCUT2D eigenvalue weighted by Crippen LogP contribution is -2.41. The molecule has 0 aromatic carbocycles. The minimum absolute atomic E-state index is 0.0656. The number of carbonyl (C=O) groups excluding carboxylic acids is 1. The van der Waals surface area contributed by atoms with E-state index in [9.17, 15) is 13.2 Å². The van der Waals surface area contributed by atoms with Crippen LogP contribution in [0.1, 0.15) is 6.42 Å². The Labute approximate surface area is 83.0 Å². The summed E-state index contributed by atoms with van der Waals surface area (Å²) < 4.78 is 21.5. The highest BCUT2D eigenvalue weighted by molar-refractivity contribution is 7.90. The number of nitriles is 1. The summed E-state index contributed by atoms with van der Waals surface area (Å²) in [6, 6.07) is 0.843. The summed E-state index contributed by atoms with van der Waals surface area (Å²) in [6.07, 6.45) is 1.14. The van der Waals surface area contributed by atoms with Crippen molar-refractivity contribution >= 4 is 15.7 Å². The van der Waals surface area contributed by atoms with Crippen molar-refractivity contribution in [2.24, 2.45) is 5.73 Å². The van der Waals surface area contributed by atoms with Crippen LogP contribution in [-0.2, 0) is 14.6 Å². The van der Waals surface area contributed by atoms with Gasteiger partial charge in [0.1, 0.15) is 16.4 Å². The summed E-state index contributed by atoms with van der Waals surface area (Å²) in [4.78, 5) is 11.0. The summed E-state index contributed by atoms with van der Waals surface area (Å²) in [5.41, 5.74) is 5.38. The van der Waals surface area contributed by atoms with E-state index < -0.39 is 21.8 Å². The van der Waals surface area contributed by atoms with Gasteiger partial charge in [0.2, 0.25) is 5.91 Å². The van der Waals surface area contributed by atoms with E-state index in [4.69, 9.17) is 11.0 Å². The monoisotopic (exact) mass is 219 g/mol. The van der Waals surface area contributed by atoms with Crippen molar-refractivity contribution in [3.05, 3.63) is 0 Å². The smallest absolute Gasteiger partial charge is 0.237 e. The molecule has 14 heavy (non-hydrogen) atoms. The molecule has 0 saturated carbocycles. The molecule has 1 atom stereocenters. The van der Waals surface area contributed by atoms with Crippen molar-refractivity contribution in [3.8, 4) is 6.07 Å². The highest BCUT2D eigenvalue weighted by Gasteiger charge is 2.14. The molecule has 0 saturated heterocycles. The van der Waals surface area contributed by atoms with Gasteiger partial charge in [-0.15, -0.1) is 0 Å². The second-order valence-electron chi connectivity index (χ2n) is 2.90. The molecular formula is C7H13N3O3S. The Morgan fingerprint density at radius 2 is 2.21 bits per heavy atom. The number of hydrogen-bond donors (Lipinski definition) is 2. The lowest BCUT2D eigenvalue weighted by molar-refractivity contribution is -0.122. The van der Waals surface area contributed by atoms with Gasteiger partial charge in [-0.1, -0.05) is 0 Å². The number of sulfone groups is 1. The highest BCUT2D eigenvalue weighted by Crippen LogP contribution is 1.93. The van der Waals surface area contributed by atoms with Crippen LogP contribution >= 0.6 is 0 Å². The molecular weight excluding hydrogens is 206 g/mol. The first-order chi connectivity index (χ1) is 6.37. The molecule has 0 rings (SSSR count). The lowest BCUT2D eigenvalue weighted by atomic mass is 10.2. The van der Waals surface area contributed by atoms with E-state index in [2.05, 4.69) is 5.32 Å². The predicted octanol–water partition coefficient (Wildman–Crippen LogP) is -1.61. The molecule has 0 radical (unpaired) electrons.